The van der Waals surface area contributed by atoms with Crippen molar-refractivity contribution in [3.63, 3.8) is 0 Å². The average Bonchev–Trinajstić information content (AvgIpc) is 3.06. The van der Waals surface area contributed by atoms with Gasteiger partial charge in [-0.05, 0) is 40.3 Å². The molecule has 0 aliphatic carbocycles. The van der Waals surface area contributed by atoms with E-state index in [4.69, 9.17) is 9.15 Å². The number of amides is 1. The fourth-order valence-corrected chi connectivity index (χ4v) is 2.32. The molecule has 1 N–H and O–H groups in total. The molecule has 21 heavy (non-hydrogen) atoms. The van der Waals surface area contributed by atoms with Crippen LogP contribution < -0.4 is 5.32 Å². The maximum atomic E-state index is 12.0. The molecule has 1 aromatic carbocycles. The molecule has 6 heteroatoms. The van der Waals surface area contributed by atoms with Crippen LogP contribution in [-0.2, 0) is 9.53 Å². The predicted octanol–water partition coefficient (Wildman–Crippen LogP) is 2.99. The smallest absolute Gasteiger partial charge is 0.355 e. The van der Waals surface area contributed by atoms with E-state index in [9.17, 15) is 9.59 Å². The van der Waals surface area contributed by atoms with Crippen molar-refractivity contribution in [2.24, 2.45) is 0 Å². The first-order valence-electron chi connectivity index (χ1n) is 6.02. The first kappa shape index (κ1) is 15.3. The molecule has 0 radical (unpaired) electrons. The van der Waals surface area contributed by atoms with Gasteiger partial charge in [0.1, 0.15) is 5.70 Å². The van der Waals surface area contributed by atoms with E-state index >= 15 is 0 Å². The lowest BCUT2D eigenvalue weighted by Gasteiger charge is -2.10. The van der Waals surface area contributed by atoms with Crippen LogP contribution >= 0.6 is 22.6 Å². The molecule has 2 rings (SSSR count). The van der Waals surface area contributed by atoms with Crippen molar-refractivity contribution in [1.29, 1.82) is 0 Å². The molecular weight excluding hydrogens is 385 g/mol. The van der Waals surface area contributed by atoms with E-state index in [-0.39, 0.29) is 11.5 Å². The third kappa shape index (κ3) is 3.72. The van der Waals surface area contributed by atoms with Gasteiger partial charge >= 0.3 is 5.97 Å². The van der Waals surface area contributed by atoms with Gasteiger partial charge < -0.3 is 14.5 Å². The number of ether oxygens (including phenoxy) is 1. The summed E-state index contributed by atoms with van der Waals surface area (Å²) in [5.74, 6) is -1.01. The van der Waals surface area contributed by atoms with Gasteiger partial charge in [-0.2, -0.15) is 0 Å². The molecule has 0 atom stereocenters. The van der Waals surface area contributed by atoms with E-state index in [0.29, 0.717) is 3.58 Å². The number of rotatable bonds is 4. The summed E-state index contributed by atoms with van der Waals surface area (Å²) in [6.07, 6.45) is 1.39. The fourth-order valence-electron chi connectivity index (χ4n) is 1.61. The third-order valence-electron chi connectivity index (χ3n) is 2.62. The van der Waals surface area contributed by atoms with Crippen molar-refractivity contribution in [2.75, 3.05) is 7.11 Å². The van der Waals surface area contributed by atoms with Gasteiger partial charge in [-0.3, -0.25) is 4.79 Å². The topological polar surface area (TPSA) is 68.5 Å². The molecule has 0 aliphatic heterocycles. The Morgan fingerprint density at radius 2 is 1.86 bits per heavy atom. The second kappa shape index (κ2) is 7.07. The molecule has 1 amide bonds. The van der Waals surface area contributed by atoms with Gasteiger partial charge in [-0.15, -0.1) is 0 Å². The largest absolute Gasteiger partial charge is 0.464 e. The number of hydrogen-bond donors (Lipinski definition) is 1. The van der Waals surface area contributed by atoms with Crippen molar-refractivity contribution in [3.8, 4) is 0 Å². The minimum absolute atomic E-state index is 0.0747. The molecule has 108 valence electrons. The number of methoxy groups -OCH3 is 1. The Hall–Kier alpha value is -2.09. The summed E-state index contributed by atoms with van der Waals surface area (Å²) in [6, 6.07) is 12.3. The highest BCUT2D eigenvalue weighted by molar-refractivity contribution is 14.1. The highest BCUT2D eigenvalue weighted by atomic mass is 127. The van der Waals surface area contributed by atoms with Crippen LogP contribution in [0.4, 0.5) is 0 Å². The molecule has 1 aromatic heterocycles. The summed E-state index contributed by atoms with van der Waals surface area (Å²) in [6.45, 7) is 0. The highest BCUT2D eigenvalue weighted by Crippen LogP contribution is 2.25. The Morgan fingerprint density at radius 1 is 1.14 bits per heavy atom. The predicted molar refractivity (Wildman–Crippen MR) is 85.6 cm³/mol. The number of carbonyl (C=O) groups is 2. The molecule has 2 aromatic rings. The standard InChI is InChI=1S/C15H12INO4/c1-20-15(19)13(12(16)10-6-3-2-4-7-10)17-14(18)11-8-5-9-21-11/h2-9H,1H3,(H,17,18)/b13-12-. The number of furan rings is 1. The zero-order valence-electron chi connectivity index (χ0n) is 11.1. The van der Waals surface area contributed by atoms with Crippen molar-refractivity contribution in [1.82, 2.24) is 5.32 Å². The van der Waals surface area contributed by atoms with Crippen LogP contribution in [0, 0.1) is 0 Å². The molecule has 0 aliphatic rings. The Balaban J connectivity index is 2.35. The van der Waals surface area contributed by atoms with Crippen LogP contribution in [0.25, 0.3) is 3.58 Å². The SMILES string of the molecule is COC(=O)/C(NC(=O)c1ccco1)=C(/I)c1ccccc1. The number of benzene rings is 1. The summed E-state index contributed by atoms with van der Waals surface area (Å²) >= 11 is 1.99. The summed E-state index contributed by atoms with van der Waals surface area (Å²) in [4.78, 5) is 23.9. The van der Waals surface area contributed by atoms with E-state index in [2.05, 4.69) is 5.32 Å². The van der Waals surface area contributed by atoms with E-state index in [1.54, 1.807) is 6.07 Å². The molecule has 0 spiro atoms. The van der Waals surface area contributed by atoms with E-state index < -0.39 is 11.9 Å². The number of carbonyl (C=O) groups excluding carboxylic acids is 2. The van der Waals surface area contributed by atoms with Gasteiger partial charge in [-0.1, -0.05) is 30.3 Å². The molecule has 0 bridgehead atoms. The normalized spacial score (nSPS) is 11.5. The second-order valence-electron chi connectivity index (χ2n) is 3.98. The maximum Gasteiger partial charge on any atom is 0.355 e. The van der Waals surface area contributed by atoms with Crippen LogP contribution in [0.2, 0.25) is 0 Å². The van der Waals surface area contributed by atoms with Gasteiger partial charge in [0.15, 0.2) is 5.76 Å². The third-order valence-corrected chi connectivity index (χ3v) is 3.78. The number of nitrogens with one attached hydrogen (secondary N) is 1. The molecule has 0 unspecified atom stereocenters. The number of halogens is 1. The van der Waals surface area contributed by atoms with Crippen molar-refractivity contribution in [3.05, 3.63) is 65.7 Å². The molecule has 5 nitrogen and oxygen atoms in total. The Bertz CT molecular complexity index is 662. The maximum absolute atomic E-state index is 12.0. The lowest BCUT2D eigenvalue weighted by atomic mass is 10.2. The molecule has 0 saturated heterocycles. The van der Waals surface area contributed by atoms with Crippen molar-refractivity contribution >= 4 is 38.0 Å². The Labute approximate surface area is 135 Å². The van der Waals surface area contributed by atoms with Crippen molar-refractivity contribution < 1.29 is 18.7 Å². The zero-order valence-corrected chi connectivity index (χ0v) is 13.3. The minimum Gasteiger partial charge on any atom is -0.464 e. The summed E-state index contributed by atoms with van der Waals surface area (Å²) < 4.78 is 10.3. The molecule has 0 fully saturated rings. The van der Waals surface area contributed by atoms with Gasteiger partial charge in [0.25, 0.3) is 5.91 Å². The Kier molecular flexibility index (Phi) is 5.15. The minimum atomic E-state index is -0.622. The van der Waals surface area contributed by atoms with Gasteiger partial charge in [0.05, 0.1) is 17.0 Å². The van der Waals surface area contributed by atoms with E-state index in [1.165, 1.54) is 19.4 Å². The van der Waals surface area contributed by atoms with Crippen LogP contribution in [0.1, 0.15) is 16.1 Å². The van der Waals surface area contributed by atoms with Crippen LogP contribution in [0.5, 0.6) is 0 Å². The monoisotopic (exact) mass is 397 g/mol. The fraction of sp³-hybridized carbons (Fsp3) is 0.0667. The average molecular weight is 397 g/mol. The van der Waals surface area contributed by atoms with Gasteiger partial charge in [-0.25, -0.2) is 4.79 Å². The van der Waals surface area contributed by atoms with Crippen LogP contribution in [0.15, 0.2) is 58.8 Å². The first-order chi connectivity index (χ1) is 10.1. The molecule has 0 saturated carbocycles. The van der Waals surface area contributed by atoms with Gasteiger partial charge in [0.2, 0.25) is 0 Å². The van der Waals surface area contributed by atoms with E-state index in [1.807, 2.05) is 52.9 Å². The van der Waals surface area contributed by atoms with Crippen molar-refractivity contribution in [2.45, 2.75) is 0 Å². The molecular formula is C15H12INO4. The lowest BCUT2D eigenvalue weighted by Crippen LogP contribution is -2.28. The first-order valence-corrected chi connectivity index (χ1v) is 7.09. The highest BCUT2D eigenvalue weighted by Gasteiger charge is 2.20. The van der Waals surface area contributed by atoms with Crippen LogP contribution in [-0.4, -0.2) is 19.0 Å². The summed E-state index contributed by atoms with van der Waals surface area (Å²) in [7, 11) is 1.26. The zero-order chi connectivity index (χ0) is 15.2. The van der Waals surface area contributed by atoms with Gasteiger partial charge in [0, 0.05) is 0 Å². The summed E-state index contributed by atoms with van der Waals surface area (Å²) in [5, 5.41) is 2.53. The molecule has 1 heterocycles. The van der Waals surface area contributed by atoms with E-state index in [0.717, 1.165) is 5.56 Å². The summed E-state index contributed by atoms with van der Waals surface area (Å²) in [5.41, 5.74) is 0.879. The van der Waals surface area contributed by atoms with Crippen LogP contribution in [0.3, 0.4) is 0 Å². The number of esters is 1. The number of hydrogen-bond acceptors (Lipinski definition) is 4. The lowest BCUT2D eigenvalue weighted by molar-refractivity contribution is -0.136. The quantitative estimate of drug-likeness (QED) is 0.490. The Morgan fingerprint density at radius 3 is 2.43 bits per heavy atom. The second-order valence-corrected chi connectivity index (χ2v) is 5.06.